The van der Waals surface area contributed by atoms with Gasteiger partial charge in [0.1, 0.15) is 6.07 Å². The molecule has 1 N–H and O–H groups in total. The fourth-order valence-electron chi connectivity index (χ4n) is 1.09. The molecule has 0 amide bonds. The summed E-state index contributed by atoms with van der Waals surface area (Å²) in [6.07, 6.45) is 0. The number of nitriles is 1. The van der Waals surface area contributed by atoms with Gasteiger partial charge in [0.25, 0.3) is 0 Å². The standard InChI is InChI=1S/C12H12N2O3/c1-8(2)14-17-11-5-4-9(12(15)16-3)6-10(11)7-13/h4-6,14H,1H2,2-3H3. The van der Waals surface area contributed by atoms with Crippen LogP contribution in [0.5, 0.6) is 5.75 Å². The Kier molecular flexibility index (Phi) is 4.12. The molecule has 0 aliphatic rings. The molecule has 0 heterocycles. The van der Waals surface area contributed by atoms with Crippen molar-refractivity contribution in [3.63, 3.8) is 0 Å². The van der Waals surface area contributed by atoms with Crippen LogP contribution >= 0.6 is 0 Å². The summed E-state index contributed by atoms with van der Waals surface area (Å²) in [7, 11) is 1.28. The SMILES string of the molecule is C=C(C)NOc1ccc(C(=O)OC)cc1C#N. The number of nitrogens with zero attached hydrogens (tertiary/aromatic N) is 1. The largest absolute Gasteiger partial charge is 0.465 e. The van der Waals surface area contributed by atoms with Gasteiger partial charge in [0.2, 0.25) is 0 Å². The predicted molar refractivity (Wildman–Crippen MR) is 61.1 cm³/mol. The van der Waals surface area contributed by atoms with Crippen molar-refractivity contribution < 1.29 is 14.4 Å². The number of benzene rings is 1. The van der Waals surface area contributed by atoms with E-state index in [1.807, 2.05) is 6.07 Å². The Morgan fingerprint density at radius 3 is 2.76 bits per heavy atom. The molecule has 0 radical (unpaired) electrons. The third-order valence-corrected chi connectivity index (χ3v) is 1.86. The van der Waals surface area contributed by atoms with Gasteiger partial charge in [-0.05, 0) is 25.1 Å². The summed E-state index contributed by atoms with van der Waals surface area (Å²) in [6, 6.07) is 6.37. The van der Waals surface area contributed by atoms with Gasteiger partial charge in [0.15, 0.2) is 5.75 Å². The molecule has 0 atom stereocenters. The number of carbonyl (C=O) groups is 1. The van der Waals surface area contributed by atoms with Crippen LogP contribution in [0.1, 0.15) is 22.8 Å². The van der Waals surface area contributed by atoms with Gasteiger partial charge >= 0.3 is 5.97 Å². The summed E-state index contributed by atoms with van der Waals surface area (Å²) in [4.78, 5) is 16.4. The van der Waals surface area contributed by atoms with E-state index in [1.54, 1.807) is 6.92 Å². The second-order valence-electron chi connectivity index (χ2n) is 3.30. The van der Waals surface area contributed by atoms with Crippen molar-refractivity contribution in [3.8, 4) is 11.8 Å². The van der Waals surface area contributed by atoms with Gasteiger partial charge in [-0.2, -0.15) is 5.26 Å². The lowest BCUT2D eigenvalue weighted by Gasteiger charge is -2.09. The van der Waals surface area contributed by atoms with Crippen molar-refractivity contribution in [3.05, 3.63) is 41.6 Å². The topological polar surface area (TPSA) is 71.3 Å². The highest BCUT2D eigenvalue weighted by Gasteiger charge is 2.10. The molecule has 0 unspecified atom stereocenters. The van der Waals surface area contributed by atoms with E-state index in [0.29, 0.717) is 17.0 Å². The van der Waals surface area contributed by atoms with E-state index in [0.717, 1.165) is 0 Å². The number of rotatable bonds is 4. The van der Waals surface area contributed by atoms with Crippen LogP contribution < -0.4 is 10.3 Å². The Morgan fingerprint density at radius 1 is 1.53 bits per heavy atom. The third kappa shape index (κ3) is 3.24. The average Bonchev–Trinajstić information content (AvgIpc) is 2.34. The van der Waals surface area contributed by atoms with Crippen molar-refractivity contribution in [1.82, 2.24) is 5.48 Å². The Bertz CT molecular complexity index is 489. The number of nitrogens with one attached hydrogen (secondary N) is 1. The smallest absolute Gasteiger partial charge is 0.337 e. The van der Waals surface area contributed by atoms with Crippen LogP contribution in [0, 0.1) is 11.3 Å². The van der Waals surface area contributed by atoms with E-state index in [-0.39, 0.29) is 5.56 Å². The molecule has 1 aromatic carbocycles. The van der Waals surface area contributed by atoms with E-state index in [4.69, 9.17) is 10.1 Å². The van der Waals surface area contributed by atoms with Crippen molar-refractivity contribution in [2.24, 2.45) is 0 Å². The maximum Gasteiger partial charge on any atom is 0.337 e. The fourth-order valence-corrected chi connectivity index (χ4v) is 1.09. The minimum Gasteiger partial charge on any atom is -0.465 e. The molecule has 0 aliphatic carbocycles. The van der Waals surface area contributed by atoms with Gasteiger partial charge in [-0.15, -0.1) is 0 Å². The van der Waals surface area contributed by atoms with Crippen LogP contribution in [-0.2, 0) is 4.74 Å². The normalized spacial score (nSPS) is 9.00. The minimum absolute atomic E-state index is 0.238. The van der Waals surface area contributed by atoms with Gasteiger partial charge in [-0.1, -0.05) is 6.58 Å². The molecule has 0 saturated heterocycles. The van der Waals surface area contributed by atoms with E-state index < -0.39 is 5.97 Å². The van der Waals surface area contributed by atoms with Gasteiger partial charge in [0, 0.05) is 5.70 Å². The van der Waals surface area contributed by atoms with Crippen molar-refractivity contribution in [2.45, 2.75) is 6.92 Å². The zero-order valence-electron chi connectivity index (χ0n) is 9.61. The molecule has 5 nitrogen and oxygen atoms in total. The first kappa shape index (κ1) is 12.6. The molecule has 0 spiro atoms. The van der Waals surface area contributed by atoms with Crippen LogP contribution in [0.2, 0.25) is 0 Å². The number of esters is 1. The fraction of sp³-hybridized carbons (Fsp3) is 0.167. The van der Waals surface area contributed by atoms with Gasteiger partial charge < -0.3 is 9.57 Å². The summed E-state index contributed by atoms with van der Waals surface area (Å²) in [5.41, 5.74) is 3.68. The molecule has 0 aromatic heterocycles. The second kappa shape index (κ2) is 5.56. The highest BCUT2D eigenvalue weighted by molar-refractivity contribution is 5.90. The highest BCUT2D eigenvalue weighted by Crippen LogP contribution is 2.19. The number of hydroxylamine groups is 1. The minimum atomic E-state index is -0.499. The summed E-state index contributed by atoms with van der Waals surface area (Å²) in [5, 5.41) is 8.93. The summed E-state index contributed by atoms with van der Waals surface area (Å²) >= 11 is 0. The molecular formula is C12H12N2O3. The number of allylic oxidation sites excluding steroid dienone is 1. The summed E-state index contributed by atoms with van der Waals surface area (Å²) in [5.74, 6) is -0.177. The quantitative estimate of drug-likeness (QED) is 0.632. The van der Waals surface area contributed by atoms with Crippen LogP contribution in [-0.4, -0.2) is 13.1 Å². The predicted octanol–water partition coefficient (Wildman–Crippen LogP) is 1.76. The first-order valence-electron chi connectivity index (χ1n) is 4.79. The third-order valence-electron chi connectivity index (χ3n) is 1.86. The first-order chi connectivity index (χ1) is 8.08. The molecule has 0 fully saturated rings. The molecule has 0 aliphatic heterocycles. The molecule has 1 rings (SSSR count). The number of hydrogen-bond acceptors (Lipinski definition) is 5. The molecule has 17 heavy (non-hydrogen) atoms. The molecule has 0 saturated carbocycles. The molecular weight excluding hydrogens is 220 g/mol. The Hall–Kier alpha value is -2.48. The van der Waals surface area contributed by atoms with Crippen molar-refractivity contribution in [2.75, 3.05) is 7.11 Å². The van der Waals surface area contributed by atoms with E-state index in [2.05, 4.69) is 16.8 Å². The number of carbonyl (C=O) groups excluding carboxylic acids is 1. The summed E-state index contributed by atoms with van der Waals surface area (Å²) < 4.78 is 4.55. The monoisotopic (exact) mass is 232 g/mol. The zero-order chi connectivity index (χ0) is 12.8. The molecule has 0 bridgehead atoms. The van der Waals surface area contributed by atoms with Crippen molar-refractivity contribution in [1.29, 1.82) is 5.26 Å². The van der Waals surface area contributed by atoms with Crippen molar-refractivity contribution >= 4 is 5.97 Å². The molecule has 5 heteroatoms. The van der Waals surface area contributed by atoms with Gasteiger partial charge in [-0.3, -0.25) is 0 Å². The molecule has 88 valence electrons. The maximum absolute atomic E-state index is 11.3. The Labute approximate surface area is 99.2 Å². The lowest BCUT2D eigenvalue weighted by Crippen LogP contribution is -2.16. The Balaban J connectivity index is 2.98. The van der Waals surface area contributed by atoms with E-state index >= 15 is 0 Å². The maximum atomic E-state index is 11.3. The van der Waals surface area contributed by atoms with Gasteiger partial charge in [0.05, 0.1) is 18.2 Å². The van der Waals surface area contributed by atoms with Crippen LogP contribution in [0.15, 0.2) is 30.5 Å². The Morgan fingerprint density at radius 2 is 2.24 bits per heavy atom. The number of methoxy groups -OCH3 is 1. The first-order valence-corrected chi connectivity index (χ1v) is 4.79. The second-order valence-corrected chi connectivity index (χ2v) is 3.30. The van der Waals surface area contributed by atoms with Crippen LogP contribution in [0.4, 0.5) is 0 Å². The van der Waals surface area contributed by atoms with E-state index in [1.165, 1.54) is 25.3 Å². The molecule has 1 aromatic rings. The number of hydrogen-bond donors (Lipinski definition) is 1. The van der Waals surface area contributed by atoms with E-state index in [9.17, 15) is 4.79 Å². The van der Waals surface area contributed by atoms with Crippen LogP contribution in [0.3, 0.4) is 0 Å². The number of ether oxygens (including phenoxy) is 1. The lowest BCUT2D eigenvalue weighted by atomic mass is 10.1. The van der Waals surface area contributed by atoms with Crippen LogP contribution in [0.25, 0.3) is 0 Å². The lowest BCUT2D eigenvalue weighted by molar-refractivity contribution is 0.0600. The van der Waals surface area contributed by atoms with Gasteiger partial charge in [-0.25, -0.2) is 10.3 Å². The summed E-state index contributed by atoms with van der Waals surface area (Å²) in [6.45, 7) is 5.31. The highest BCUT2D eigenvalue weighted by atomic mass is 16.6. The zero-order valence-corrected chi connectivity index (χ0v) is 9.61. The average molecular weight is 232 g/mol.